The van der Waals surface area contributed by atoms with Crippen molar-refractivity contribution in [2.75, 3.05) is 6.54 Å². The predicted octanol–water partition coefficient (Wildman–Crippen LogP) is 2.07. The summed E-state index contributed by atoms with van der Waals surface area (Å²) in [5.41, 5.74) is 0.712. The van der Waals surface area contributed by atoms with Gasteiger partial charge in [-0.15, -0.1) is 0 Å². The molecule has 0 radical (unpaired) electrons. The first kappa shape index (κ1) is 13.5. The number of carbonyl (C=O) groups is 2. The SMILES string of the molecule is Cc1ccc(F)c(C(=O)N2CCC(C)C2C(=O)O)c1. The van der Waals surface area contributed by atoms with Crippen LogP contribution < -0.4 is 0 Å². The highest BCUT2D eigenvalue weighted by Crippen LogP contribution is 2.26. The molecule has 0 aromatic heterocycles. The Morgan fingerprint density at radius 2 is 2.11 bits per heavy atom. The zero-order chi connectivity index (χ0) is 14.2. The van der Waals surface area contributed by atoms with E-state index in [0.29, 0.717) is 13.0 Å². The monoisotopic (exact) mass is 265 g/mol. The lowest BCUT2D eigenvalue weighted by Gasteiger charge is -2.23. The van der Waals surface area contributed by atoms with Crippen molar-refractivity contribution in [2.45, 2.75) is 26.3 Å². The number of carboxylic acid groups (broad SMARTS) is 1. The fourth-order valence-corrected chi connectivity index (χ4v) is 2.51. The second-order valence-corrected chi connectivity index (χ2v) is 5.03. The Morgan fingerprint density at radius 1 is 1.42 bits per heavy atom. The van der Waals surface area contributed by atoms with E-state index in [0.717, 1.165) is 5.56 Å². The number of carboxylic acids is 1. The third kappa shape index (κ3) is 2.45. The number of benzene rings is 1. The molecular formula is C14H16FNO3. The number of likely N-dealkylation sites (tertiary alicyclic amines) is 1. The van der Waals surface area contributed by atoms with Crippen LogP contribution in [0.25, 0.3) is 0 Å². The predicted molar refractivity (Wildman–Crippen MR) is 67.4 cm³/mol. The summed E-state index contributed by atoms with van der Waals surface area (Å²) in [6.45, 7) is 3.90. The molecule has 1 aliphatic heterocycles. The van der Waals surface area contributed by atoms with Gasteiger partial charge in [0.05, 0.1) is 5.56 Å². The molecule has 2 rings (SSSR count). The number of rotatable bonds is 2. The minimum Gasteiger partial charge on any atom is -0.480 e. The number of hydrogen-bond donors (Lipinski definition) is 1. The highest BCUT2D eigenvalue weighted by atomic mass is 19.1. The maximum Gasteiger partial charge on any atom is 0.326 e. The molecule has 2 unspecified atom stereocenters. The van der Waals surface area contributed by atoms with E-state index in [1.54, 1.807) is 19.9 Å². The van der Waals surface area contributed by atoms with Crippen LogP contribution in [0, 0.1) is 18.7 Å². The third-order valence-electron chi connectivity index (χ3n) is 3.57. The Hall–Kier alpha value is -1.91. The number of amides is 1. The number of hydrogen-bond acceptors (Lipinski definition) is 2. The number of aryl methyl sites for hydroxylation is 1. The Bertz CT molecular complexity index is 529. The van der Waals surface area contributed by atoms with E-state index in [-0.39, 0.29) is 11.5 Å². The molecule has 0 saturated carbocycles. The average molecular weight is 265 g/mol. The van der Waals surface area contributed by atoms with Gasteiger partial charge < -0.3 is 10.0 Å². The lowest BCUT2D eigenvalue weighted by molar-refractivity contribution is -0.142. The summed E-state index contributed by atoms with van der Waals surface area (Å²) in [7, 11) is 0. The Labute approximate surface area is 110 Å². The molecule has 1 aliphatic rings. The van der Waals surface area contributed by atoms with E-state index in [4.69, 9.17) is 0 Å². The Morgan fingerprint density at radius 3 is 2.74 bits per heavy atom. The van der Waals surface area contributed by atoms with Gasteiger partial charge >= 0.3 is 5.97 Å². The van der Waals surface area contributed by atoms with Crippen LogP contribution in [0.3, 0.4) is 0 Å². The summed E-state index contributed by atoms with van der Waals surface area (Å²) < 4.78 is 13.7. The molecule has 1 heterocycles. The van der Waals surface area contributed by atoms with Crippen molar-refractivity contribution < 1.29 is 19.1 Å². The molecule has 0 aliphatic carbocycles. The summed E-state index contributed by atoms with van der Waals surface area (Å²) in [4.78, 5) is 24.8. The average Bonchev–Trinajstić information content (AvgIpc) is 2.73. The van der Waals surface area contributed by atoms with Crippen LogP contribution in [0.2, 0.25) is 0 Å². The van der Waals surface area contributed by atoms with Crippen molar-refractivity contribution in [1.29, 1.82) is 0 Å². The van der Waals surface area contributed by atoms with Crippen molar-refractivity contribution in [2.24, 2.45) is 5.92 Å². The molecule has 5 heteroatoms. The first-order valence-electron chi connectivity index (χ1n) is 6.21. The largest absolute Gasteiger partial charge is 0.480 e. The maximum absolute atomic E-state index is 13.7. The number of halogens is 1. The van der Waals surface area contributed by atoms with Gasteiger partial charge in [-0.1, -0.05) is 18.6 Å². The standard InChI is InChI=1S/C14H16FNO3/c1-8-3-4-11(15)10(7-8)13(17)16-6-5-9(2)12(16)14(18)19/h3-4,7,9,12H,5-6H2,1-2H3,(H,18,19). The zero-order valence-electron chi connectivity index (χ0n) is 10.9. The lowest BCUT2D eigenvalue weighted by atomic mass is 10.0. The minimum atomic E-state index is -1.04. The van der Waals surface area contributed by atoms with Gasteiger partial charge in [-0.3, -0.25) is 4.79 Å². The van der Waals surface area contributed by atoms with Crippen LogP contribution in [-0.2, 0) is 4.79 Å². The van der Waals surface area contributed by atoms with Gasteiger partial charge in [-0.25, -0.2) is 9.18 Å². The van der Waals surface area contributed by atoms with Crippen LogP contribution >= 0.6 is 0 Å². The smallest absolute Gasteiger partial charge is 0.326 e. The molecule has 102 valence electrons. The normalized spacial score (nSPS) is 22.6. The van der Waals surface area contributed by atoms with E-state index >= 15 is 0 Å². The molecule has 0 bridgehead atoms. The van der Waals surface area contributed by atoms with E-state index in [2.05, 4.69) is 0 Å². The maximum atomic E-state index is 13.7. The third-order valence-corrected chi connectivity index (χ3v) is 3.57. The Kier molecular flexibility index (Phi) is 3.55. The lowest BCUT2D eigenvalue weighted by Crippen LogP contribution is -2.43. The van der Waals surface area contributed by atoms with Gasteiger partial charge in [0.25, 0.3) is 5.91 Å². The van der Waals surface area contributed by atoms with E-state index in [9.17, 15) is 19.1 Å². The molecule has 19 heavy (non-hydrogen) atoms. The summed E-state index contributed by atoms with van der Waals surface area (Å²) in [5.74, 6) is -2.31. The fourth-order valence-electron chi connectivity index (χ4n) is 2.51. The summed E-state index contributed by atoms with van der Waals surface area (Å²) in [5, 5.41) is 9.19. The first-order chi connectivity index (χ1) is 8.91. The molecule has 4 nitrogen and oxygen atoms in total. The molecular weight excluding hydrogens is 249 g/mol. The highest BCUT2D eigenvalue weighted by Gasteiger charge is 2.40. The number of nitrogens with zero attached hydrogens (tertiary/aromatic N) is 1. The summed E-state index contributed by atoms with van der Waals surface area (Å²) in [6.07, 6.45) is 0.621. The van der Waals surface area contributed by atoms with Gasteiger partial charge in [-0.05, 0) is 31.4 Å². The molecule has 1 saturated heterocycles. The molecule has 1 N–H and O–H groups in total. The van der Waals surface area contributed by atoms with Crippen molar-refractivity contribution in [3.63, 3.8) is 0 Å². The topological polar surface area (TPSA) is 57.6 Å². The van der Waals surface area contributed by atoms with Crippen LogP contribution in [0.1, 0.15) is 29.3 Å². The number of aliphatic carboxylic acids is 1. The van der Waals surface area contributed by atoms with E-state index in [1.165, 1.54) is 17.0 Å². The zero-order valence-corrected chi connectivity index (χ0v) is 10.9. The van der Waals surface area contributed by atoms with Crippen molar-refractivity contribution in [3.05, 3.63) is 35.1 Å². The van der Waals surface area contributed by atoms with E-state index in [1.807, 2.05) is 0 Å². The van der Waals surface area contributed by atoms with Gasteiger partial charge in [0.2, 0.25) is 0 Å². The summed E-state index contributed by atoms with van der Waals surface area (Å²) in [6, 6.07) is 3.40. The van der Waals surface area contributed by atoms with Crippen molar-refractivity contribution in [3.8, 4) is 0 Å². The summed E-state index contributed by atoms with van der Waals surface area (Å²) >= 11 is 0. The van der Waals surface area contributed by atoms with E-state index < -0.39 is 23.7 Å². The molecule has 0 spiro atoms. The molecule has 1 aromatic rings. The fraction of sp³-hybridized carbons (Fsp3) is 0.429. The first-order valence-corrected chi connectivity index (χ1v) is 6.21. The second-order valence-electron chi connectivity index (χ2n) is 5.03. The molecule has 1 amide bonds. The van der Waals surface area contributed by atoms with Gasteiger partial charge in [0.1, 0.15) is 11.9 Å². The van der Waals surface area contributed by atoms with Gasteiger partial charge in [0, 0.05) is 6.54 Å². The Balaban J connectivity index is 2.33. The number of carbonyl (C=O) groups excluding carboxylic acids is 1. The second kappa shape index (κ2) is 4.99. The molecule has 1 aromatic carbocycles. The van der Waals surface area contributed by atoms with Crippen molar-refractivity contribution >= 4 is 11.9 Å². The highest BCUT2D eigenvalue weighted by molar-refractivity contribution is 5.97. The van der Waals surface area contributed by atoms with Crippen LogP contribution in [0.4, 0.5) is 4.39 Å². The van der Waals surface area contributed by atoms with Crippen molar-refractivity contribution in [1.82, 2.24) is 4.90 Å². The molecule has 1 fully saturated rings. The molecule has 2 atom stereocenters. The minimum absolute atomic E-state index is 0.0552. The van der Waals surface area contributed by atoms with Gasteiger partial charge in [0.15, 0.2) is 0 Å². The van der Waals surface area contributed by atoms with Crippen LogP contribution in [0.5, 0.6) is 0 Å². The van der Waals surface area contributed by atoms with Gasteiger partial charge in [-0.2, -0.15) is 0 Å². The quantitative estimate of drug-likeness (QED) is 0.890. The van der Waals surface area contributed by atoms with Crippen LogP contribution in [-0.4, -0.2) is 34.5 Å². The van der Waals surface area contributed by atoms with Crippen LogP contribution in [0.15, 0.2) is 18.2 Å².